The Labute approximate surface area is 252 Å². The predicted molar refractivity (Wildman–Crippen MR) is 157 cm³/mol. The van der Waals surface area contributed by atoms with E-state index >= 15 is 0 Å². The summed E-state index contributed by atoms with van der Waals surface area (Å²) < 4.78 is 50.6. The summed E-state index contributed by atoms with van der Waals surface area (Å²) >= 11 is 0. The SMILES string of the molecule is COc1ccc(Cn2ncc3c(c2=O)CC(C)CN3CCO/C=C/C(=O)N2CCN(c3ncc(C(F)(F)F)cn3)CC2)cc1. The molecule has 2 aromatic heterocycles. The van der Waals surface area contributed by atoms with Crippen LogP contribution in [0.4, 0.5) is 24.8 Å². The fourth-order valence-corrected chi connectivity index (χ4v) is 5.30. The van der Waals surface area contributed by atoms with Crippen LogP contribution < -0.4 is 20.1 Å². The van der Waals surface area contributed by atoms with Crippen molar-refractivity contribution in [2.24, 2.45) is 5.92 Å². The number of carbonyl (C=O) groups excluding carboxylic acids is 1. The fourth-order valence-electron chi connectivity index (χ4n) is 5.30. The van der Waals surface area contributed by atoms with Crippen LogP contribution in [0.15, 0.2) is 60.0 Å². The minimum atomic E-state index is -4.49. The molecule has 14 heteroatoms. The molecule has 0 aliphatic carbocycles. The first kappa shape index (κ1) is 30.8. The smallest absolute Gasteiger partial charge is 0.419 e. The standard InChI is InChI=1S/C30H34F3N7O4/c1-21-15-25-26(18-36-40(28(25)42)20-22-3-5-24(43-2)6-4-22)39(19-21)12-14-44-13-7-27(41)37-8-10-38(11-9-37)29-34-16-23(17-35-29)30(31,32)33/h3-7,13,16-18,21H,8-12,14-15,19-20H2,1-2H3/b13-7+. The normalized spacial score (nSPS) is 17.1. The summed E-state index contributed by atoms with van der Waals surface area (Å²) in [5, 5.41) is 4.43. The van der Waals surface area contributed by atoms with E-state index in [1.54, 1.807) is 23.1 Å². The molecule has 1 aromatic carbocycles. The minimum Gasteiger partial charge on any atom is -0.499 e. The van der Waals surface area contributed by atoms with Gasteiger partial charge in [0.25, 0.3) is 5.56 Å². The summed E-state index contributed by atoms with van der Waals surface area (Å²) in [5.74, 6) is 0.995. The maximum atomic E-state index is 13.3. The molecule has 5 rings (SSSR count). The molecule has 4 heterocycles. The van der Waals surface area contributed by atoms with Crippen LogP contribution in [0.25, 0.3) is 0 Å². The lowest BCUT2D eigenvalue weighted by atomic mass is 9.95. The molecule has 234 valence electrons. The first-order valence-corrected chi connectivity index (χ1v) is 14.3. The van der Waals surface area contributed by atoms with Crippen molar-refractivity contribution in [1.82, 2.24) is 24.6 Å². The summed E-state index contributed by atoms with van der Waals surface area (Å²) in [7, 11) is 1.61. The molecule has 1 amide bonds. The molecule has 3 aromatic rings. The van der Waals surface area contributed by atoms with Crippen molar-refractivity contribution in [2.45, 2.75) is 26.1 Å². The zero-order chi connectivity index (χ0) is 31.3. The second-order valence-electron chi connectivity index (χ2n) is 10.8. The molecular weight excluding hydrogens is 579 g/mol. The van der Waals surface area contributed by atoms with Gasteiger partial charge in [-0.05, 0) is 30.0 Å². The molecule has 1 unspecified atom stereocenters. The van der Waals surface area contributed by atoms with Crippen LogP contribution in [0, 0.1) is 5.92 Å². The molecule has 1 fully saturated rings. The van der Waals surface area contributed by atoms with E-state index in [9.17, 15) is 22.8 Å². The number of ether oxygens (including phenoxy) is 2. The van der Waals surface area contributed by atoms with Gasteiger partial charge >= 0.3 is 6.18 Å². The van der Waals surface area contributed by atoms with Crippen LogP contribution >= 0.6 is 0 Å². The highest BCUT2D eigenvalue weighted by Crippen LogP contribution is 2.29. The lowest BCUT2D eigenvalue weighted by molar-refractivity contribution is -0.138. The highest BCUT2D eigenvalue weighted by atomic mass is 19.4. The molecule has 0 bridgehead atoms. The summed E-state index contributed by atoms with van der Waals surface area (Å²) in [5.41, 5.74) is 1.48. The van der Waals surface area contributed by atoms with Crippen molar-refractivity contribution < 1.29 is 27.4 Å². The summed E-state index contributed by atoms with van der Waals surface area (Å²) in [4.78, 5) is 39.0. The van der Waals surface area contributed by atoms with Gasteiger partial charge in [-0.1, -0.05) is 19.1 Å². The van der Waals surface area contributed by atoms with Crippen LogP contribution in [-0.4, -0.2) is 83.5 Å². The number of fused-ring (bicyclic) bond motifs is 1. The van der Waals surface area contributed by atoms with Crippen molar-refractivity contribution in [2.75, 3.05) is 62.8 Å². The lowest BCUT2D eigenvalue weighted by Crippen LogP contribution is -2.48. The van der Waals surface area contributed by atoms with Crippen molar-refractivity contribution in [3.8, 4) is 5.75 Å². The Kier molecular flexibility index (Phi) is 9.35. The van der Waals surface area contributed by atoms with E-state index in [1.165, 1.54) is 17.0 Å². The first-order chi connectivity index (χ1) is 21.1. The summed E-state index contributed by atoms with van der Waals surface area (Å²) in [6.07, 6.45) is 2.17. The Morgan fingerprint density at radius 2 is 1.77 bits per heavy atom. The van der Waals surface area contributed by atoms with Crippen molar-refractivity contribution >= 4 is 17.5 Å². The number of rotatable bonds is 9. The van der Waals surface area contributed by atoms with Crippen LogP contribution in [0.1, 0.15) is 23.6 Å². The molecule has 1 saturated heterocycles. The van der Waals surface area contributed by atoms with E-state index in [0.29, 0.717) is 52.3 Å². The highest BCUT2D eigenvalue weighted by molar-refractivity contribution is 5.87. The van der Waals surface area contributed by atoms with Gasteiger partial charge in [-0.25, -0.2) is 14.6 Å². The largest absolute Gasteiger partial charge is 0.499 e. The highest BCUT2D eigenvalue weighted by Gasteiger charge is 2.32. The van der Waals surface area contributed by atoms with Gasteiger partial charge in [-0.3, -0.25) is 9.59 Å². The van der Waals surface area contributed by atoms with E-state index in [4.69, 9.17) is 9.47 Å². The quantitative estimate of drug-likeness (QED) is 0.205. The Hall–Kier alpha value is -4.62. The van der Waals surface area contributed by atoms with E-state index in [2.05, 4.69) is 26.9 Å². The number of methoxy groups -OCH3 is 1. The first-order valence-electron chi connectivity index (χ1n) is 14.3. The zero-order valence-electron chi connectivity index (χ0n) is 24.5. The van der Waals surface area contributed by atoms with Gasteiger partial charge in [0.2, 0.25) is 11.9 Å². The average Bonchev–Trinajstić information content (AvgIpc) is 3.02. The predicted octanol–water partition coefficient (Wildman–Crippen LogP) is 2.99. The van der Waals surface area contributed by atoms with Crippen LogP contribution in [0.3, 0.4) is 0 Å². The summed E-state index contributed by atoms with van der Waals surface area (Å²) in [6.45, 7) is 5.60. The van der Waals surface area contributed by atoms with Crippen LogP contribution in [-0.2, 0) is 28.7 Å². The maximum absolute atomic E-state index is 13.3. The van der Waals surface area contributed by atoms with E-state index in [1.807, 2.05) is 24.3 Å². The Balaban J connectivity index is 1.10. The number of hydrogen-bond donors (Lipinski definition) is 0. The Morgan fingerprint density at radius 3 is 2.43 bits per heavy atom. The Bertz CT molecular complexity index is 1520. The number of amides is 1. The van der Waals surface area contributed by atoms with Gasteiger partial charge in [0.05, 0.1) is 43.9 Å². The van der Waals surface area contributed by atoms with Crippen LogP contribution in [0.5, 0.6) is 5.75 Å². The van der Waals surface area contributed by atoms with Crippen LogP contribution in [0.2, 0.25) is 0 Å². The minimum absolute atomic E-state index is 0.105. The van der Waals surface area contributed by atoms with E-state index < -0.39 is 11.7 Å². The molecule has 0 N–H and O–H groups in total. The lowest BCUT2D eigenvalue weighted by Gasteiger charge is -2.34. The second kappa shape index (κ2) is 13.3. The molecule has 11 nitrogen and oxygen atoms in total. The van der Waals surface area contributed by atoms with E-state index in [0.717, 1.165) is 41.5 Å². The molecule has 0 saturated carbocycles. The monoisotopic (exact) mass is 613 g/mol. The maximum Gasteiger partial charge on any atom is 0.419 e. The molecule has 2 aliphatic heterocycles. The molecule has 0 radical (unpaired) electrons. The zero-order valence-corrected chi connectivity index (χ0v) is 24.5. The third-order valence-electron chi connectivity index (χ3n) is 7.66. The number of hydrogen-bond acceptors (Lipinski definition) is 9. The number of piperazine rings is 1. The number of nitrogens with zero attached hydrogens (tertiary/aromatic N) is 7. The van der Waals surface area contributed by atoms with Crippen molar-refractivity contribution in [3.63, 3.8) is 0 Å². The van der Waals surface area contributed by atoms with Gasteiger partial charge in [0, 0.05) is 56.8 Å². The summed E-state index contributed by atoms with van der Waals surface area (Å²) in [6, 6.07) is 7.53. The fraction of sp³-hybridized carbons (Fsp3) is 0.433. The molecule has 0 spiro atoms. The van der Waals surface area contributed by atoms with Gasteiger partial charge in [0.1, 0.15) is 12.4 Å². The van der Waals surface area contributed by atoms with Gasteiger partial charge in [-0.15, -0.1) is 0 Å². The third kappa shape index (κ3) is 7.29. The number of aromatic nitrogens is 4. The van der Waals surface area contributed by atoms with Gasteiger partial charge in [0.15, 0.2) is 0 Å². The van der Waals surface area contributed by atoms with Gasteiger partial charge < -0.3 is 24.2 Å². The molecule has 2 aliphatic rings. The molecule has 1 atom stereocenters. The third-order valence-corrected chi connectivity index (χ3v) is 7.66. The number of anilines is 2. The molecular formula is C30H34F3N7O4. The second-order valence-corrected chi connectivity index (χ2v) is 10.8. The van der Waals surface area contributed by atoms with Gasteiger partial charge in [-0.2, -0.15) is 18.3 Å². The topological polar surface area (TPSA) is 106 Å². The number of benzene rings is 1. The number of halogens is 3. The average molecular weight is 614 g/mol. The Morgan fingerprint density at radius 1 is 1.07 bits per heavy atom. The number of carbonyl (C=O) groups is 1. The van der Waals surface area contributed by atoms with Crippen molar-refractivity contribution in [1.29, 1.82) is 0 Å². The van der Waals surface area contributed by atoms with Crippen molar-refractivity contribution in [3.05, 3.63) is 82.2 Å². The molecule has 44 heavy (non-hydrogen) atoms. The number of alkyl halides is 3. The van der Waals surface area contributed by atoms with E-state index in [-0.39, 0.29) is 23.3 Å².